The van der Waals surface area contributed by atoms with Gasteiger partial charge >= 0.3 is 6.03 Å². The molecule has 134 valence electrons. The molecule has 0 radical (unpaired) electrons. The number of anilines is 1. The molecule has 2 amide bonds. The molecule has 0 unspecified atom stereocenters. The van der Waals surface area contributed by atoms with E-state index in [2.05, 4.69) is 26.7 Å². The van der Waals surface area contributed by atoms with Gasteiger partial charge < -0.3 is 20.3 Å². The molecule has 0 fully saturated rings. The Bertz CT molecular complexity index is 728. The summed E-state index contributed by atoms with van der Waals surface area (Å²) in [6.45, 7) is 4.26. The zero-order valence-corrected chi connectivity index (χ0v) is 14.9. The van der Waals surface area contributed by atoms with E-state index in [1.54, 1.807) is 6.20 Å². The van der Waals surface area contributed by atoms with Gasteiger partial charge in [-0.15, -0.1) is 0 Å². The lowest BCUT2D eigenvalue weighted by atomic mass is 9.94. The summed E-state index contributed by atoms with van der Waals surface area (Å²) in [6, 6.07) is 7.70. The maximum atomic E-state index is 12.3. The second-order valence-electron chi connectivity index (χ2n) is 6.64. The minimum atomic E-state index is -0.232. The van der Waals surface area contributed by atoms with Gasteiger partial charge in [0.2, 0.25) is 0 Å². The molecule has 7 heteroatoms. The number of carbonyl (C=O) groups is 1. The van der Waals surface area contributed by atoms with Gasteiger partial charge in [0.25, 0.3) is 0 Å². The van der Waals surface area contributed by atoms with Crippen molar-refractivity contribution in [2.75, 3.05) is 32.6 Å². The number of nitrogens with one attached hydrogen (secondary N) is 2. The van der Waals surface area contributed by atoms with E-state index >= 15 is 0 Å². The minimum Gasteiger partial charge on any atom is -0.493 e. The van der Waals surface area contributed by atoms with Crippen molar-refractivity contribution in [1.82, 2.24) is 20.0 Å². The molecule has 1 aliphatic rings. The van der Waals surface area contributed by atoms with Crippen LogP contribution in [0, 0.1) is 0 Å². The van der Waals surface area contributed by atoms with Crippen LogP contribution in [0.3, 0.4) is 0 Å². The van der Waals surface area contributed by atoms with Crippen molar-refractivity contribution in [3.05, 3.63) is 42.2 Å². The summed E-state index contributed by atoms with van der Waals surface area (Å²) < 4.78 is 7.51. The monoisotopic (exact) mass is 343 g/mol. The van der Waals surface area contributed by atoms with E-state index in [-0.39, 0.29) is 18.0 Å². The lowest BCUT2D eigenvalue weighted by molar-refractivity contribution is 0.244. The quantitative estimate of drug-likeness (QED) is 0.843. The van der Waals surface area contributed by atoms with Crippen LogP contribution < -0.4 is 15.4 Å². The van der Waals surface area contributed by atoms with Crippen molar-refractivity contribution in [3.63, 3.8) is 0 Å². The maximum Gasteiger partial charge on any atom is 0.319 e. The number of amides is 2. The summed E-state index contributed by atoms with van der Waals surface area (Å²) in [5.41, 5.74) is 1.83. The first kappa shape index (κ1) is 17.3. The van der Waals surface area contributed by atoms with Gasteiger partial charge in [-0.1, -0.05) is 18.2 Å². The number of fused-ring (bicyclic) bond motifs is 1. The Kier molecular flexibility index (Phi) is 5.23. The molecule has 1 aliphatic heterocycles. The van der Waals surface area contributed by atoms with Crippen molar-refractivity contribution in [3.8, 4) is 5.75 Å². The molecule has 2 heterocycles. The molecule has 1 aromatic carbocycles. The molecule has 0 aliphatic carbocycles. The Labute approximate surface area is 148 Å². The smallest absolute Gasteiger partial charge is 0.319 e. The zero-order chi connectivity index (χ0) is 17.8. The second-order valence-corrected chi connectivity index (χ2v) is 6.64. The number of aromatic nitrogens is 2. The number of ether oxygens (including phenoxy) is 1. The topological polar surface area (TPSA) is 71.4 Å². The SMILES string of the molecule is C[C@@H](NC(=O)Nc1cnn(CCN(C)C)c1)[C@@H]1COc2ccccc21. The Balaban J connectivity index is 1.53. The first-order valence-corrected chi connectivity index (χ1v) is 8.49. The number of benzene rings is 1. The minimum absolute atomic E-state index is 0.0348. The zero-order valence-electron chi connectivity index (χ0n) is 14.9. The van der Waals surface area contributed by atoms with Crippen molar-refractivity contribution in [2.24, 2.45) is 0 Å². The normalized spacial score (nSPS) is 17.0. The summed E-state index contributed by atoms with van der Waals surface area (Å²) in [7, 11) is 4.03. The Hall–Kier alpha value is -2.54. The van der Waals surface area contributed by atoms with Gasteiger partial charge in [-0.25, -0.2) is 4.79 Å². The number of rotatable bonds is 6. The fraction of sp³-hybridized carbons (Fsp3) is 0.444. The average Bonchev–Trinajstić information content (AvgIpc) is 3.19. The molecular weight excluding hydrogens is 318 g/mol. The summed E-state index contributed by atoms with van der Waals surface area (Å²) in [6.07, 6.45) is 3.50. The van der Waals surface area contributed by atoms with Crippen LogP contribution in [-0.4, -0.2) is 54.0 Å². The highest BCUT2D eigenvalue weighted by Crippen LogP contribution is 2.35. The van der Waals surface area contributed by atoms with Gasteiger partial charge in [0.1, 0.15) is 5.75 Å². The predicted octanol–water partition coefficient (Wildman–Crippen LogP) is 2.13. The van der Waals surface area contributed by atoms with Crippen LogP contribution in [0.2, 0.25) is 0 Å². The fourth-order valence-corrected chi connectivity index (χ4v) is 2.93. The molecule has 25 heavy (non-hydrogen) atoms. The molecule has 3 rings (SSSR count). The first-order valence-electron chi connectivity index (χ1n) is 8.49. The molecule has 7 nitrogen and oxygen atoms in total. The molecule has 0 spiro atoms. The third-order valence-corrected chi connectivity index (χ3v) is 4.37. The molecule has 0 saturated carbocycles. The van der Waals surface area contributed by atoms with Crippen LogP contribution in [0.4, 0.5) is 10.5 Å². The van der Waals surface area contributed by atoms with Crippen molar-refractivity contribution in [2.45, 2.75) is 25.4 Å². The van der Waals surface area contributed by atoms with E-state index in [0.29, 0.717) is 12.3 Å². The lowest BCUT2D eigenvalue weighted by Gasteiger charge is -2.20. The van der Waals surface area contributed by atoms with E-state index < -0.39 is 0 Å². The molecule has 1 aromatic heterocycles. The molecule has 0 saturated heterocycles. The van der Waals surface area contributed by atoms with Crippen LogP contribution in [0.1, 0.15) is 18.4 Å². The van der Waals surface area contributed by atoms with Gasteiger partial charge in [-0.05, 0) is 27.1 Å². The van der Waals surface area contributed by atoms with Crippen LogP contribution >= 0.6 is 0 Å². The van der Waals surface area contributed by atoms with Gasteiger partial charge in [0, 0.05) is 30.3 Å². The third-order valence-electron chi connectivity index (χ3n) is 4.37. The van der Waals surface area contributed by atoms with Crippen LogP contribution in [0.5, 0.6) is 5.75 Å². The van der Waals surface area contributed by atoms with Crippen LogP contribution in [0.15, 0.2) is 36.7 Å². The number of hydrogen-bond acceptors (Lipinski definition) is 4. The van der Waals surface area contributed by atoms with E-state index in [1.807, 2.05) is 50.1 Å². The van der Waals surface area contributed by atoms with E-state index in [9.17, 15) is 4.79 Å². The number of hydrogen-bond donors (Lipinski definition) is 2. The highest BCUT2D eigenvalue weighted by atomic mass is 16.5. The average molecular weight is 343 g/mol. The van der Waals surface area contributed by atoms with Crippen LogP contribution in [-0.2, 0) is 6.54 Å². The van der Waals surface area contributed by atoms with Gasteiger partial charge in [-0.3, -0.25) is 4.68 Å². The highest BCUT2D eigenvalue weighted by Gasteiger charge is 2.29. The number of carbonyl (C=O) groups excluding carboxylic acids is 1. The third kappa shape index (κ3) is 4.30. The van der Waals surface area contributed by atoms with Gasteiger partial charge in [0.05, 0.1) is 25.0 Å². The molecule has 0 bridgehead atoms. The summed E-state index contributed by atoms with van der Waals surface area (Å²) in [5.74, 6) is 1.06. The first-order chi connectivity index (χ1) is 12.0. The summed E-state index contributed by atoms with van der Waals surface area (Å²) >= 11 is 0. The van der Waals surface area contributed by atoms with E-state index in [4.69, 9.17) is 4.74 Å². The number of nitrogens with zero attached hydrogens (tertiary/aromatic N) is 3. The Morgan fingerprint density at radius 2 is 2.24 bits per heavy atom. The van der Waals surface area contributed by atoms with Gasteiger partial charge in [0.15, 0.2) is 0 Å². The van der Waals surface area contributed by atoms with E-state index in [0.717, 1.165) is 24.4 Å². The van der Waals surface area contributed by atoms with Crippen molar-refractivity contribution >= 4 is 11.7 Å². The predicted molar refractivity (Wildman–Crippen MR) is 97.1 cm³/mol. The Morgan fingerprint density at radius 3 is 3.04 bits per heavy atom. The molecular formula is C18H25N5O2. The van der Waals surface area contributed by atoms with Crippen LogP contribution in [0.25, 0.3) is 0 Å². The molecule has 2 N–H and O–H groups in total. The van der Waals surface area contributed by atoms with Crippen molar-refractivity contribution in [1.29, 1.82) is 0 Å². The van der Waals surface area contributed by atoms with Crippen molar-refractivity contribution < 1.29 is 9.53 Å². The number of para-hydroxylation sites is 1. The standard InChI is InChI=1S/C18H25N5O2/c1-13(16-12-25-17-7-5-4-6-15(16)17)20-18(24)21-14-10-19-23(11-14)9-8-22(2)3/h4-7,10-11,13,16H,8-9,12H2,1-3H3,(H2,20,21,24)/t13-,16+/m1/s1. The maximum absolute atomic E-state index is 12.3. The van der Waals surface area contributed by atoms with Gasteiger partial charge in [-0.2, -0.15) is 5.10 Å². The highest BCUT2D eigenvalue weighted by molar-refractivity contribution is 5.89. The summed E-state index contributed by atoms with van der Waals surface area (Å²) in [5, 5.41) is 10.1. The van der Waals surface area contributed by atoms with E-state index in [1.165, 1.54) is 0 Å². The summed E-state index contributed by atoms with van der Waals surface area (Å²) in [4.78, 5) is 14.3. The number of urea groups is 1. The number of likely N-dealkylation sites (N-methyl/N-ethyl adjacent to an activating group) is 1. The fourth-order valence-electron chi connectivity index (χ4n) is 2.93. The molecule has 2 atom stereocenters. The lowest BCUT2D eigenvalue weighted by Crippen LogP contribution is -2.40. The Morgan fingerprint density at radius 1 is 1.44 bits per heavy atom. The largest absolute Gasteiger partial charge is 0.493 e. The second kappa shape index (κ2) is 7.57. The molecule has 2 aromatic rings.